The van der Waals surface area contributed by atoms with E-state index in [1.807, 2.05) is 7.05 Å². The Morgan fingerprint density at radius 1 is 1.11 bits per heavy atom. The minimum absolute atomic E-state index is 0.128. The summed E-state index contributed by atoms with van der Waals surface area (Å²) in [6.45, 7) is 3.52. The molecular weight excluding hydrogens is 525 g/mol. The van der Waals surface area contributed by atoms with Crippen molar-refractivity contribution >= 4 is 27.5 Å². The first-order chi connectivity index (χ1) is 16.7. The quantitative estimate of drug-likeness (QED) is 0.392. The molecule has 3 aromatic rings. The average molecular weight is 551 g/mol. The minimum atomic E-state index is -4.45. The SMILES string of the molecule is Cn1ncc(Br)c1-c1cc(NC(=O)c2ccc(C(F)(F)F)cc2)ccc1OCCN1CCCCC1. The fourth-order valence-electron chi connectivity index (χ4n) is 4.11. The van der Waals surface area contributed by atoms with Gasteiger partial charge in [0, 0.05) is 30.4 Å². The third-order valence-electron chi connectivity index (χ3n) is 5.97. The van der Waals surface area contributed by atoms with Crippen molar-refractivity contribution in [2.45, 2.75) is 25.4 Å². The highest BCUT2D eigenvalue weighted by Crippen LogP contribution is 2.37. The van der Waals surface area contributed by atoms with Crippen LogP contribution in [0.5, 0.6) is 5.75 Å². The molecule has 6 nitrogen and oxygen atoms in total. The van der Waals surface area contributed by atoms with E-state index >= 15 is 0 Å². The van der Waals surface area contributed by atoms with E-state index < -0.39 is 17.6 Å². The number of carbonyl (C=O) groups is 1. The first kappa shape index (κ1) is 25.2. The molecule has 4 rings (SSSR count). The van der Waals surface area contributed by atoms with Gasteiger partial charge in [-0.15, -0.1) is 0 Å². The third kappa shape index (κ3) is 6.24. The third-order valence-corrected chi connectivity index (χ3v) is 6.56. The van der Waals surface area contributed by atoms with E-state index in [-0.39, 0.29) is 5.56 Å². The van der Waals surface area contributed by atoms with Gasteiger partial charge in [-0.3, -0.25) is 14.4 Å². The van der Waals surface area contributed by atoms with E-state index in [1.54, 1.807) is 29.1 Å². The molecule has 0 bridgehead atoms. The van der Waals surface area contributed by atoms with Crippen LogP contribution >= 0.6 is 15.9 Å². The van der Waals surface area contributed by atoms with Crippen molar-refractivity contribution in [2.75, 3.05) is 31.6 Å². The van der Waals surface area contributed by atoms with Gasteiger partial charge in [-0.25, -0.2) is 0 Å². The van der Waals surface area contributed by atoms with Crippen molar-refractivity contribution in [2.24, 2.45) is 7.05 Å². The predicted octanol–water partition coefficient (Wildman–Crippen LogP) is 5.99. The number of halogens is 4. The highest BCUT2D eigenvalue weighted by molar-refractivity contribution is 9.10. The van der Waals surface area contributed by atoms with E-state index in [4.69, 9.17) is 4.74 Å². The fraction of sp³-hybridized carbons (Fsp3) is 0.360. The number of anilines is 1. The number of nitrogens with one attached hydrogen (secondary N) is 1. The zero-order chi connectivity index (χ0) is 25.0. The Hall–Kier alpha value is -2.85. The first-order valence-corrected chi connectivity index (χ1v) is 12.2. The van der Waals surface area contributed by atoms with Crippen molar-refractivity contribution < 1.29 is 22.7 Å². The Morgan fingerprint density at radius 3 is 2.46 bits per heavy atom. The molecule has 0 aliphatic carbocycles. The average Bonchev–Trinajstić information content (AvgIpc) is 3.17. The largest absolute Gasteiger partial charge is 0.492 e. The van der Waals surface area contributed by atoms with Gasteiger partial charge >= 0.3 is 6.18 Å². The van der Waals surface area contributed by atoms with Gasteiger partial charge in [0.15, 0.2) is 0 Å². The summed E-state index contributed by atoms with van der Waals surface area (Å²) in [5.41, 5.74) is 1.33. The number of piperidine rings is 1. The normalized spacial score (nSPS) is 14.7. The number of amides is 1. The summed E-state index contributed by atoms with van der Waals surface area (Å²) in [6, 6.07) is 9.39. The second kappa shape index (κ2) is 10.8. The molecule has 0 radical (unpaired) electrons. The Labute approximate surface area is 210 Å². The van der Waals surface area contributed by atoms with Gasteiger partial charge < -0.3 is 10.1 Å². The number of hydrogen-bond acceptors (Lipinski definition) is 4. The maximum Gasteiger partial charge on any atom is 0.416 e. The molecule has 2 aromatic carbocycles. The highest BCUT2D eigenvalue weighted by Gasteiger charge is 2.30. The molecule has 186 valence electrons. The van der Waals surface area contributed by atoms with Crippen LogP contribution in [0.4, 0.5) is 18.9 Å². The zero-order valence-electron chi connectivity index (χ0n) is 19.2. The number of aryl methyl sites for hydroxylation is 1. The molecule has 0 atom stereocenters. The highest BCUT2D eigenvalue weighted by atomic mass is 79.9. The molecular formula is C25H26BrF3N4O2. The Morgan fingerprint density at radius 2 is 1.83 bits per heavy atom. The van der Waals surface area contributed by atoms with Gasteiger partial charge in [0.1, 0.15) is 12.4 Å². The van der Waals surface area contributed by atoms with E-state index in [2.05, 4.69) is 31.2 Å². The van der Waals surface area contributed by atoms with Crippen molar-refractivity contribution in [3.8, 4) is 17.0 Å². The standard InChI is InChI=1S/C25H26BrF3N4O2/c1-32-23(21(26)16-30-32)20-15-19(9-10-22(20)35-14-13-33-11-3-2-4-12-33)31-24(34)17-5-7-18(8-6-17)25(27,28)29/h5-10,15-16H,2-4,11-14H2,1H3,(H,31,34). The maximum absolute atomic E-state index is 12.8. The fourth-order valence-corrected chi connectivity index (χ4v) is 4.68. The molecule has 1 aromatic heterocycles. The molecule has 2 heterocycles. The molecule has 0 spiro atoms. The molecule has 1 aliphatic heterocycles. The maximum atomic E-state index is 12.8. The number of likely N-dealkylation sites (tertiary alicyclic amines) is 1. The van der Waals surface area contributed by atoms with E-state index in [0.29, 0.717) is 18.0 Å². The molecule has 1 fully saturated rings. The van der Waals surface area contributed by atoms with Gasteiger partial charge in [0.25, 0.3) is 5.91 Å². The van der Waals surface area contributed by atoms with E-state index in [1.165, 1.54) is 19.3 Å². The van der Waals surface area contributed by atoms with E-state index in [9.17, 15) is 18.0 Å². The molecule has 1 N–H and O–H groups in total. The summed E-state index contributed by atoms with van der Waals surface area (Å²) < 4.78 is 47.1. The number of ether oxygens (including phenoxy) is 1. The van der Waals surface area contributed by atoms with Gasteiger partial charge in [-0.1, -0.05) is 6.42 Å². The van der Waals surface area contributed by atoms with Crippen LogP contribution in [0.15, 0.2) is 53.1 Å². The zero-order valence-corrected chi connectivity index (χ0v) is 20.8. The van der Waals surface area contributed by atoms with Crippen LogP contribution in [0.25, 0.3) is 11.3 Å². The lowest BCUT2D eigenvalue weighted by Gasteiger charge is -2.26. The Bertz CT molecular complexity index is 1150. The number of benzene rings is 2. The Kier molecular flexibility index (Phi) is 7.81. The van der Waals surface area contributed by atoms with E-state index in [0.717, 1.165) is 59.6 Å². The molecule has 0 unspecified atom stereocenters. The molecule has 1 aliphatic rings. The number of carbonyl (C=O) groups excluding carboxylic acids is 1. The van der Waals surface area contributed by atoms with Gasteiger partial charge in [-0.2, -0.15) is 18.3 Å². The molecule has 1 saturated heterocycles. The summed E-state index contributed by atoms with van der Waals surface area (Å²) in [7, 11) is 1.81. The van der Waals surface area contributed by atoms with Gasteiger partial charge in [0.05, 0.1) is 21.9 Å². The second-order valence-electron chi connectivity index (χ2n) is 8.46. The summed E-state index contributed by atoms with van der Waals surface area (Å²) in [6.07, 6.45) is 0.918. The first-order valence-electron chi connectivity index (χ1n) is 11.4. The van der Waals surface area contributed by atoms with Crippen molar-refractivity contribution in [3.05, 3.63) is 64.3 Å². The van der Waals surface area contributed by atoms with Gasteiger partial charge in [0.2, 0.25) is 0 Å². The number of nitrogens with zero attached hydrogens (tertiary/aromatic N) is 3. The number of aromatic nitrogens is 2. The monoisotopic (exact) mass is 550 g/mol. The van der Waals surface area contributed by atoms with Crippen molar-refractivity contribution in [3.63, 3.8) is 0 Å². The summed E-state index contributed by atoms with van der Waals surface area (Å²) in [4.78, 5) is 15.1. The van der Waals surface area contributed by atoms with Crippen LogP contribution in [0.3, 0.4) is 0 Å². The predicted molar refractivity (Wildman–Crippen MR) is 132 cm³/mol. The number of hydrogen-bond donors (Lipinski definition) is 1. The van der Waals surface area contributed by atoms with Crippen molar-refractivity contribution in [1.29, 1.82) is 0 Å². The lowest BCUT2D eigenvalue weighted by molar-refractivity contribution is -0.137. The second-order valence-corrected chi connectivity index (χ2v) is 9.31. The molecule has 35 heavy (non-hydrogen) atoms. The minimum Gasteiger partial charge on any atom is -0.492 e. The molecule has 0 saturated carbocycles. The summed E-state index contributed by atoms with van der Waals surface area (Å²) in [5.74, 6) is 0.145. The van der Waals surface area contributed by atoms with Gasteiger partial charge in [-0.05, 0) is 84.3 Å². The van der Waals surface area contributed by atoms with Crippen LogP contribution in [-0.2, 0) is 13.2 Å². The smallest absolute Gasteiger partial charge is 0.416 e. The molecule has 1 amide bonds. The Balaban J connectivity index is 1.53. The summed E-state index contributed by atoms with van der Waals surface area (Å²) >= 11 is 3.53. The van der Waals surface area contributed by atoms with Crippen LogP contribution in [0.2, 0.25) is 0 Å². The molecule has 10 heteroatoms. The number of alkyl halides is 3. The van der Waals surface area contributed by atoms with Crippen LogP contribution in [-0.4, -0.2) is 46.8 Å². The lowest BCUT2D eigenvalue weighted by atomic mass is 10.1. The lowest BCUT2D eigenvalue weighted by Crippen LogP contribution is -2.33. The summed E-state index contributed by atoms with van der Waals surface area (Å²) in [5, 5.41) is 7.04. The van der Waals surface area contributed by atoms with Crippen molar-refractivity contribution in [1.82, 2.24) is 14.7 Å². The topological polar surface area (TPSA) is 59.4 Å². The number of rotatable bonds is 7. The van der Waals surface area contributed by atoms with Crippen LogP contribution in [0, 0.1) is 0 Å². The van der Waals surface area contributed by atoms with Crippen LogP contribution < -0.4 is 10.1 Å². The van der Waals surface area contributed by atoms with Crippen LogP contribution in [0.1, 0.15) is 35.2 Å².